The molecule has 1 atom stereocenters. The highest BCUT2D eigenvalue weighted by Gasteiger charge is 2.41. The molecule has 162 valence electrons. The number of amides is 2. The van der Waals surface area contributed by atoms with Crippen LogP contribution in [0.25, 0.3) is 0 Å². The predicted molar refractivity (Wildman–Crippen MR) is 117 cm³/mol. The lowest BCUT2D eigenvalue weighted by Crippen LogP contribution is -2.54. The monoisotopic (exact) mass is 450 g/mol. The summed E-state index contributed by atoms with van der Waals surface area (Å²) >= 11 is 6.52. The molecule has 0 unspecified atom stereocenters. The molecule has 0 radical (unpaired) electrons. The zero-order valence-electron chi connectivity index (χ0n) is 17.0. The van der Waals surface area contributed by atoms with E-state index in [1.165, 1.54) is 20.7 Å². The molecule has 3 aromatic rings. The Kier molecular flexibility index (Phi) is 5.10. The minimum atomic E-state index is -0.815. The number of halogens is 1. The number of para-hydroxylation sites is 2. The number of hydrogen-bond donors (Lipinski definition) is 0. The Morgan fingerprint density at radius 1 is 1.25 bits per heavy atom. The van der Waals surface area contributed by atoms with Gasteiger partial charge in [0.25, 0.3) is 11.8 Å². The first kappa shape index (κ1) is 20.2. The van der Waals surface area contributed by atoms with Crippen LogP contribution in [0, 0.1) is 0 Å². The Morgan fingerprint density at radius 2 is 2.09 bits per heavy atom. The molecule has 0 saturated heterocycles. The third-order valence-corrected chi connectivity index (χ3v) is 6.00. The number of nitrogens with zero attached hydrogens (tertiary/aromatic N) is 6. The SMILES string of the molecule is C=CN1C(=O)[C@@H](N2CCc3c(nn(Cc4cnccn4)c3Cl)C2=O)COc2ccccc21. The zero-order valence-corrected chi connectivity index (χ0v) is 17.8. The Bertz CT molecular complexity index is 1210. The van der Waals surface area contributed by atoms with Crippen LogP contribution in [-0.2, 0) is 17.8 Å². The van der Waals surface area contributed by atoms with Crippen molar-refractivity contribution in [2.24, 2.45) is 0 Å². The van der Waals surface area contributed by atoms with Crippen LogP contribution in [0.2, 0.25) is 5.15 Å². The van der Waals surface area contributed by atoms with Crippen molar-refractivity contribution in [2.45, 2.75) is 19.0 Å². The van der Waals surface area contributed by atoms with Crippen LogP contribution in [0.1, 0.15) is 21.7 Å². The number of anilines is 1. The lowest BCUT2D eigenvalue weighted by atomic mass is 10.0. The van der Waals surface area contributed by atoms with Crippen molar-refractivity contribution >= 4 is 29.1 Å². The highest BCUT2D eigenvalue weighted by Crippen LogP contribution is 2.34. The summed E-state index contributed by atoms with van der Waals surface area (Å²) in [6, 6.07) is 6.39. The summed E-state index contributed by atoms with van der Waals surface area (Å²) in [5.74, 6) is -0.0838. The van der Waals surface area contributed by atoms with Gasteiger partial charge in [-0.25, -0.2) is 4.68 Å². The van der Waals surface area contributed by atoms with Gasteiger partial charge in [0, 0.05) is 30.7 Å². The van der Waals surface area contributed by atoms with E-state index >= 15 is 0 Å². The molecule has 0 aliphatic carbocycles. The van der Waals surface area contributed by atoms with Gasteiger partial charge in [0.2, 0.25) is 0 Å². The average Bonchev–Trinajstić information content (AvgIpc) is 3.05. The van der Waals surface area contributed by atoms with Crippen LogP contribution in [0.3, 0.4) is 0 Å². The van der Waals surface area contributed by atoms with E-state index in [1.807, 2.05) is 12.1 Å². The maximum absolute atomic E-state index is 13.4. The zero-order chi connectivity index (χ0) is 22.2. The molecule has 2 aliphatic heterocycles. The van der Waals surface area contributed by atoms with Crippen LogP contribution in [0.15, 0.2) is 55.6 Å². The van der Waals surface area contributed by atoms with Crippen molar-refractivity contribution in [2.75, 3.05) is 18.1 Å². The summed E-state index contributed by atoms with van der Waals surface area (Å²) < 4.78 is 7.43. The van der Waals surface area contributed by atoms with E-state index in [9.17, 15) is 9.59 Å². The fourth-order valence-electron chi connectivity index (χ4n) is 4.02. The van der Waals surface area contributed by atoms with Crippen LogP contribution >= 0.6 is 11.6 Å². The molecule has 32 heavy (non-hydrogen) atoms. The fraction of sp³-hybridized carbons (Fsp3) is 0.227. The van der Waals surface area contributed by atoms with E-state index in [2.05, 4.69) is 21.6 Å². The van der Waals surface area contributed by atoms with Gasteiger partial charge in [0.05, 0.1) is 24.1 Å². The number of fused-ring (bicyclic) bond motifs is 2. The number of carbonyl (C=O) groups is 2. The lowest BCUT2D eigenvalue weighted by Gasteiger charge is -2.33. The normalized spacial score (nSPS) is 18.0. The Hall–Kier alpha value is -3.72. The summed E-state index contributed by atoms with van der Waals surface area (Å²) in [5.41, 5.74) is 2.18. The molecule has 0 saturated carbocycles. The fourth-order valence-corrected chi connectivity index (χ4v) is 4.30. The van der Waals surface area contributed by atoms with E-state index in [0.717, 1.165) is 0 Å². The number of ether oxygens (including phenoxy) is 1. The number of benzene rings is 1. The second kappa shape index (κ2) is 8.08. The summed E-state index contributed by atoms with van der Waals surface area (Å²) in [7, 11) is 0. The van der Waals surface area contributed by atoms with Crippen LogP contribution in [0.4, 0.5) is 5.69 Å². The van der Waals surface area contributed by atoms with Gasteiger partial charge >= 0.3 is 0 Å². The van der Waals surface area contributed by atoms with Gasteiger partial charge in [0.15, 0.2) is 5.69 Å². The molecule has 4 heterocycles. The summed E-state index contributed by atoms with van der Waals surface area (Å²) in [6.45, 7) is 4.42. The van der Waals surface area contributed by atoms with Gasteiger partial charge < -0.3 is 9.64 Å². The second-order valence-corrected chi connectivity index (χ2v) is 7.76. The Labute approximate surface area is 188 Å². The molecule has 9 nitrogen and oxygen atoms in total. The van der Waals surface area contributed by atoms with E-state index in [1.54, 1.807) is 30.7 Å². The summed E-state index contributed by atoms with van der Waals surface area (Å²) in [5, 5.41) is 4.83. The van der Waals surface area contributed by atoms with Crippen molar-refractivity contribution < 1.29 is 14.3 Å². The third kappa shape index (κ3) is 3.31. The molecule has 0 fully saturated rings. The predicted octanol–water partition coefficient (Wildman–Crippen LogP) is 2.31. The summed E-state index contributed by atoms with van der Waals surface area (Å²) in [6.07, 6.45) is 6.70. The largest absolute Gasteiger partial charge is 0.489 e. The average molecular weight is 451 g/mol. The van der Waals surface area contributed by atoms with Crippen LogP contribution in [0.5, 0.6) is 5.75 Å². The van der Waals surface area contributed by atoms with Gasteiger partial charge in [-0.1, -0.05) is 30.3 Å². The van der Waals surface area contributed by atoms with E-state index in [-0.39, 0.29) is 30.7 Å². The molecule has 2 amide bonds. The van der Waals surface area contributed by atoms with Crippen molar-refractivity contribution in [3.05, 3.63) is 77.7 Å². The van der Waals surface area contributed by atoms with Crippen LogP contribution in [-0.4, -0.2) is 55.7 Å². The molecule has 2 aromatic heterocycles. The Morgan fingerprint density at radius 3 is 2.88 bits per heavy atom. The van der Waals surface area contributed by atoms with E-state index in [4.69, 9.17) is 16.3 Å². The van der Waals surface area contributed by atoms with E-state index in [0.29, 0.717) is 40.8 Å². The molecule has 2 aliphatic rings. The maximum Gasteiger partial charge on any atom is 0.275 e. The van der Waals surface area contributed by atoms with Crippen molar-refractivity contribution in [3.8, 4) is 5.75 Å². The highest BCUT2D eigenvalue weighted by atomic mass is 35.5. The quantitative estimate of drug-likeness (QED) is 0.605. The number of carbonyl (C=O) groups excluding carboxylic acids is 2. The summed E-state index contributed by atoms with van der Waals surface area (Å²) in [4.78, 5) is 37.9. The second-order valence-electron chi connectivity index (χ2n) is 7.41. The molecule has 10 heteroatoms. The van der Waals surface area contributed by atoms with Gasteiger partial charge in [-0.15, -0.1) is 0 Å². The van der Waals surface area contributed by atoms with Crippen molar-refractivity contribution in [1.29, 1.82) is 0 Å². The van der Waals surface area contributed by atoms with Crippen molar-refractivity contribution in [1.82, 2.24) is 24.6 Å². The maximum atomic E-state index is 13.4. The smallest absolute Gasteiger partial charge is 0.275 e. The minimum Gasteiger partial charge on any atom is -0.489 e. The molecular formula is C22H19ClN6O3. The number of hydrogen-bond acceptors (Lipinski definition) is 6. The number of aromatic nitrogens is 4. The highest BCUT2D eigenvalue weighted by molar-refractivity contribution is 6.31. The first-order chi connectivity index (χ1) is 15.6. The molecular weight excluding hydrogens is 432 g/mol. The van der Waals surface area contributed by atoms with Crippen LogP contribution < -0.4 is 9.64 Å². The number of rotatable bonds is 4. The first-order valence-corrected chi connectivity index (χ1v) is 10.4. The van der Waals surface area contributed by atoms with Gasteiger partial charge in [-0.05, 0) is 18.6 Å². The molecule has 1 aromatic carbocycles. The van der Waals surface area contributed by atoms with Gasteiger partial charge in [-0.3, -0.25) is 24.5 Å². The van der Waals surface area contributed by atoms with E-state index < -0.39 is 6.04 Å². The molecule has 5 rings (SSSR count). The minimum absolute atomic E-state index is 0.0370. The molecule has 0 spiro atoms. The first-order valence-electron chi connectivity index (χ1n) is 10.1. The molecule has 0 bridgehead atoms. The van der Waals surface area contributed by atoms with Crippen molar-refractivity contribution in [3.63, 3.8) is 0 Å². The third-order valence-electron chi connectivity index (χ3n) is 5.58. The lowest BCUT2D eigenvalue weighted by molar-refractivity contribution is -0.123. The Balaban J connectivity index is 1.44. The standard InChI is InChI=1S/C22H19ClN6O3/c1-2-27-16-5-3-4-6-18(16)32-13-17(21(27)30)28-10-7-15-19(22(28)31)26-29(20(15)23)12-14-11-24-8-9-25-14/h2-6,8-9,11,17H,1,7,10,12-13H2/t17-/m0/s1. The molecule has 0 N–H and O–H groups in total. The van der Waals surface area contributed by atoms with Gasteiger partial charge in [0.1, 0.15) is 23.6 Å². The van der Waals surface area contributed by atoms with Gasteiger partial charge in [-0.2, -0.15) is 5.10 Å². The topological polar surface area (TPSA) is 93.5 Å².